The van der Waals surface area contributed by atoms with Crippen molar-refractivity contribution in [2.24, 2.45) is 5.92 Å². The van der Waals surface area contributed by atoms with Crippen molar-refractivity contribution >= 4 is 40.9 Å². The molecule has 1 aliphatic heterocycles. The summed E-state index contributed by atoms with van der Waals surface area (Å²) in [5, 5.41) is 3.57. The Hall–Kier alpha value is -1.20. The van der Waals surface area contributed by atoms with Crippen LogP contribution in [0.1, 0.15) is 19.3 Å². The van der Waals surface area contributed by atoms with Gasteiger partial charge < -0.3 is 10.2 Å². The van der Waals surface area contributed by atoms with E-state index < -0.39 is 0 Å². The quantitative estimate of drug-likeness (QED) is 0.867. The van der Waals surface area contributed by atoms with E-state index >= 15 is 0 Å². The molecule has 1 unspecified atom stereocenters. The van der Waals surface area contributed by atoms with Crippen LogP contribution in [0.4, 0.5) is 5.69 Å². The maximum Gasteiger partial charge on any atom is 0.230 e. The Morgan fingerprint density at radius 2 is 2.23 bits per heavy atom. The molecule has 1 heterocycles. The second kappa shape index (κ2) is 6.92. The highest BCUT2D eigenvalue weighted by Gasteiger charge is 2.31. The fourth-order valence-electron chi connectivity index (χ4n) is 2.57. The Kier molecular flexibility index (Phi) is 4.93. The topological polar surface area (TPSA) is 49.4 Å². The van der Waals surface area contributed by atoms with Crippen molar-refractivity contribution in [1.29, 1.82) is 0 Å². The van der Waals surface area contributed by atoms with Gasteiger partial charge in [-0.15, -0.1) is 0 Å². The molecule has 4 nitrogen and oxygen atoms in total. The number of benzene rings is 1. The molecule has 6 heteroatoms. The van der Waals surface area contributed by atoms with Crippen LogP contribution >= 0.6 is 23.4 Å². The molecule has 1 aromatic carbocycles. The second-order valence-corrected chi connectivity index (χ2v) is 7.38. The number of anilines is 1. The Balaban J connectivity index is 1.49. The van der Waals surface area contributed by atoms with Gasteiger partial charge in [-0.25, -0.2) is 0 Å². The predicted octanol–water partition coefficient (Wildman–Crippen LogP) is 2.70. The van der Waals surface area contributed by atoms with E-state index in [9.17, 15) is 9.59 Å². The third-order valence-electron chi connectivity index (χ3n) is 3.89. The average molecular weight is 339 g/mol. The maximum absolute atomic E-state index is 12.1. The number of hydrogen-bond acceptors (Lipinski definition) is 3. The van der Waals surface area contributed by atoms with E-state index in [4.69, 9.17) is 11.6 Å². The van der Waals surface area contributed by atoms with Crippen LogP contribution < -0.4 is 10.2 Å². The summed E-state index contributed by atoms with van der Waals surface area (Å²) >= 11 is 7.66. The van der Waals surface area contributed by atoms with Gasteiger partial charge in [0.2, 0.25) is 11.8 Å². The molecule has 3 rings (SSSR count). The number of carbonyl (C=O) groups is 2. The molecular weight excluding hydrogens is 320 g/mol. The van der Waals surface area contributed by atoms with E-state index in [0.29, 0.717) is 23.7 Å². The molecule has 2 aliphatic rings. The fraction of sp³-hybridized carbons (Fsp3) is 0.500. The number of amides is 2. The zero-order chi connectivity index (χ0) is 15.5. The minimum absolute atomic E-state index is 0.0244. The van der Waals surface area contributed by atoms with Gasteiger partial charge in [0.25, 0.3) is 0 Å². The Morgan fingerprint density at radius 1 is 1.41 bits per heavy atom. The van der Waals surface area contributed by atoms with Crippen LogP contribution in [-0.2, 0) is 9.59 Å². The lowest BCUT2D eigenvalue weighted by atomic mass is 10.2. The second-order valence-electron chi connectivity index (χ2n) is 5.91. The lowest BCUT2D eigenvalue weighted by Gasteiger charge is -2.17. The average Bonchev–Trinajstić information content (AvgIpc) is 3.22. The number of nitrogens with zero attached hydrogens (tertiary/aromatic N) is 1. The van der Waals surface area contributed by atoms with Gasteiger partial charge in [-0.1, -0.05) is 17.7 Å². The van der Waals surface area contributed by atoms with Gasteiger partial charge in [-0.2, -0.15) is 11.8 Å². The van der Waals surface area contributed by atoms with E-state index in [-0.39, 0.29) is 17.9 Å². The molecule has 0 radical (unpaired) electrons. The van der Waals surface area contributed by atoms with Gasteiger partial charge in [0.05, 0.1) is 11.8 Å². The summed E-state index contributed by atoms with van der Waals surface area (Å²) in [7, 11) is 0. The molecule has 1 saturated heterocycles. The normalized spacial score (nSPS) is 21.2. The van der Waals surface area contributed by atoms with Crippen LogP contribution in [0.2, 0.25) is 5.02 Å². The molecular formula is C16H19ClN2O2S. The molecule has 2 amide bonds. The summed E-state index contributed by atoms with van der Waals surface area (Å²) in [6.45, 7) is 0.512. The molecule has 1 atom stereocenters. The lowest BCUT2D eigenvalue weighted by molar-refractivity contribution is -0.119. The Bertz CT molecular complexity index is 577. The van der Waals surface area contributed by atoms with Crippen LogP contribution in [0.25, 0.3) is 0 Å². The number of thioether (sulfide) groups is 1. The van der Waals surface area contributed by atoms with Crippen molar-refractivity contribution in [2.75, 3.05) is 23.0 Å². The first kappa shape index (κ1) is 15.7. The van der Waals surface area contributed by atoms with E-state index in [1.807, 2.05) is 12.1 Å². The highest BCUT2D eigenvalue weighted by Crippen LogP contribution is 2.32. The maximum atomic E-state index is 12.1. The summed E-state index contributed by atoms with van der Waals surface area (Å²) in [6.07, 6.45) is 2.96. The van der Waals surface area contributed by atoms with Crippen LogP contribution in [-0.4, -0.2) is 35.9 Å². The molecule has 1 aliphatic carbocycles. The molecule has 22 heavy (non-hydrogen) atoms. The van der Waals surface area contributed by atoms with E-state index in [2.05, 4.69) is 5.32 Å². The monoisotopic (exact) mass is 338 g/mol. The van der Waals surface area contributed by atoms with Crippen molar-refractivity contribution in [3.63, 3.8) is 0 Å². The fourth-order valence-corrected chi connectivity index (χ4v) is 3.81. The van der Waals surface area contributed by atoms with Gasteiger partial charge in [-0.3, -0.25) is 9.59 Å². The van der Waals surface area contributed by atoms with Crippen LogP contribution in [0.5, 0.6) is 0 Å². The van der Waals surface area contributed by atoms with Crippen molar-refractivity contribution in [3.05, 3.63) is 29.3 Å². The smallest absolute Gasteiger partial charge is 0.230 e. The van der Waals surface area contributed by atoms with Crippen LogP contribution in [0.3, 0.4) is 0 Å². The first-order valence-corrected chi connectivity index (χ1v) is 9.08. The first-order chi connectivity index (χ1) is 10.6. The molecule has 1 aromatic rings. The Morgan fingerprint density at radius 3 is 2.95 bits per heavy atom. The number of nitrogens with one attached hydrogen (secondary N) is 1. The largest absolute Gasteiger partial charge is 0.350 e. The summed E-state index contributed by atoms with van der Waals surface area (Å²) in [4.78, 5) is 25.7. The minimum Gasteiger partial charge on any atom is -0.350 e. The number of hydrogen-bond donors (Lipinski definition) is 1. The van der Waals surface area contributed by atoms with Crippen LogP contribution in [0.15, 0.2) is 24.3 Å². The van der Waals surface area contributed by atoms with Gasteiger partial charge in [-0.05, 0) is 42.7 Å². The van der Waals surface area contributed by atoms with Crippen molar-refractivity contribution in [2.45, 2.75) is 25.3 Å². The molecule has 118 valence electrons. The highest BCUT2D eigenvalue weighted by atomic mass is 35.5. The van der Waals surface area contributed by atoms with E-state index in [0.717, 1.165) is 17.4 Å². The minimum atomic E-state index is -0.111. The third kappa shape index (κ3) is 4.17. The molecule has 0 bridgehead atoms. The van der Waals surface area contributed by atoms with Crippen molar-refractivity contribution in [3.8, 4) is 0 Å². The number of halogens is 1. The third-order valence-corrected chi connectivity index (χ3v) is 5.30. The zero-order valence-electron chi connectivity index (χ0n) is 12.3. The SMILES string of the molecule is O=C(CSCC1CC1)NC1CC(=O)N(c2cccc(Cl)c2)C1. The van der Waals surface area contributed by atoms with Gasteiger partial charge >= 0.3 is 0 Å². The highest BCUT2D eigenvalue weighted by molar-refractivity contribution is 7.99. The summed E-state index contributed by atoms with van der Waals surface area (Å²) in [5.74, 6) is 2.43. The summed E-state index contributed by atoms with van der Waals surface area (Å²) in [5.41, 5.74) is 0.789. The first-order valence-electron chi connectivity index (χ1n) is 7.55. The van der Waals surface area contributed by atoms with Gasteiger partial charge in [0, 0.05) is 23.7 Å². The van der Waals surface area contributed by atoms with Crippen molar-refractivity contribution in [1.82, 2.24) is 5.32 Å². The molecule has 0 aromatic heterocycles. The van der Waals surface area contributed by atoms with Gasteiger partial charge in [0.1, 0.15) is 0 Å². The van der Waals surface area contributed by atoms with Crippen LogP contribution in [0, 0.1) is 5.92 Å². The number of carbonyl (C=O) groups excluding carboxylic acids is 2. The van der Waals surface area contributed by atoms with E-state index in [1.165, 1.54) is 12.8 Å². The predicted molar refractivity (Wildman–Crippen MR) is 90.4 cm³/mol. The van der Waals surface area contributed by atoms with Gasteiger partial charge in [0.15, 0.2) is 0 Å². The number of rotatable bonds is 6. The lowest BCUT2D eigenvalue weighted by Crippen LogP contribution is -2.38. The molecule has 2 fully saturated rings. The standard InChI is InChI=1S/C16H19ClN2O2S/c17-12-2-1-3-14(6-12)19-8-13(7-16(19)21)18-15(20)10-22-9-11-4-5-11/h1-3,6,11,13H,4-5,7-10H2,(H,18,20). The Labute approximate surface area is 139 Å². The molecule has 0 spiro atoms. The molecule has 1 N–H and O–H groups in total. The summed E-state index contributed by atoms with van der Waals surface area (Å²) < 4.78 is 0. The van der Waals surface area contributed by atoms with Crippen molar-refractivity contribution < 1.29 is 9.59 Å². The summed E-state index contributed by atoms with van der Waals surface area (Å²) in [6, 6.07) is 7.13. The van der Waals surface area contributed by atoms with E-state index in [1.54, 1.807) is 28.8 Å². The molecule has 1 saturated carbocycles. The zero-order valence-corrected chi connectivity index (χ0v) is 13.8.